The Labute approximate surface area is 89.5 Å². The third kappa shape index (κ3) is 3.20. The molecule has 0 saturated heterocycles. The number of aromatic nitrogens is 1. The fourth-order valence-corrected chi connectivity index (χ4v) is 1.97. The van der Waals surface area contributed by atoms with Gasteiger partial charge >= 0.3 is 0 Å². The van der Waals surface area contributed by atoms with Gasteiger partial charge < -0.3 is 5.43 Å². The maximum atomic E-state index is 5.37. The van der Waals surface area contributed by atoms with Crippen molar-refractivity contribution in [2.75, 3.05) is 5.43 Å². The number of hydrazine groups is 1. The Kier molecular flexibility index (Phi) is 4.76. The van der Waals surface area contributed by atoms with Gasteiger partial charge in [0.1, 0.15) is 5.82 Å². The summed E-state index contributed by atoms with van der Waals surface area (Å²) in [7, 11) is 0. The van der Waals surface area contributed by atoms with E-state index in [-0.39, 0.29) is 0 Å². The SMILES string of the molecule is CCC(C)SCc1cccnc1NN. The van der Waals surface area contributed by atoms with E-state index in [0.29, 0.717) is 5.25 Å². The van der Waals surface area contributed by atoms with E-state index in [2.05, 4.69) is 30.3 Å². The van der Waals surface area contributed by atoms with Gasteiger partial charge in [-0.05, 0) is 12.5 Å². The standard InChI is InChI=1S/C10H17N3S/c1-3-8(2)14-7-9-5-4-6-12-10(9)13-11/h4-6,8H,3,7,11H2,1-2H3,(H,12,13). The van der Waals surface area contributed by atoms with Crippen molar-refractivity contribution >= 4 is 17.6 Å². The van der Waals surface area contributed by atoms with E-state index < -0.39 is 0 Å². The molecular weight excluding hydrogens is 194 g/mol. The van der Waals surface area contributed by atoms with Crippen molar-refractivity contribution in [1.82, 2.24) is 4.98 Å². The lowest BCUT2D eigenvalue weighted by Crippen LogP contribution is -2.10. The number of thioether (sulfide) groups is 1. The molecule has 0 fully saturated rings. The minimum absolute atomic E-state index is 0.681. The molecule has 1 heterocycles. The summed E-state index contributed by atoms with van der Waals surface area (Å²) < 4.78 is 0. The molecule has 3 N–H and O–H groups in total. The Hall–Kier alpha value is -0.740. The molecule has 1 rings (SSSR count). The van der Waals surface area contributed by atoms with Crippen molar-refractivity contribution in [2.45, 2.75) is 31.3 Å². The molecule has 0 aliphatic rings. The van der Waals surface area contributed by atoms with Crippen molar-refractivity contribution in [3.05, 3.63) is 23.9 Å². The highest BCUT2D eigenvalue weighted by Crippen LogP contribution is 2.22. The Morgan fingerprint density at radius 3 is 3.07 bits per heavy atom. The molecule has 0 saturated carbocycles. The molecule has 0 bridgehead atoms. The first-order chi connectivity index (χ1) is 6.77. The van der Waals surface area contributed by atoms with Gasteiger partial charge in [0.15, 0.2) is 0 Å². The van der Waals surface area contributed by atoms with Crippen LogP contribution in [0.1, 0.15) is 25.8 Å². The molecule has 0 radical (unpaired) electrons. The summed E-state index contributed by atoms with van der Waals surface area (Å²) in [6.07, 6.45) is 2.93. The van der Waals surface area contributed by atoms with E-state index in [1.54, 1.807) is 6.20 Å². The average molecular weight is 211 g/mol. The number of nitrogens with one attached hydrogen (secondary N) is 1. The summed E-state index contributed by atoms with van der Waals surface area (Å²) in [6, 6.07) is 3.99. The molecule has 1 aromatic rings. The zero-order valence-corrected chi connectivity index (χ0v) is 9.47. The normalized spacial score (nSPS) is 12.5. The van der Waals surface area contributed by atoms with Crippen molar-refractivity contribution < 1.29 is 0 Å². The molecule has 78 valence electrons. The molecule has 1 unspecified atom stereocenters. The van der Waals surface area contributed by atoms with Crippen LogP contribution < -0.4 is 11.3 Å². The lowest BCUT2D eigenvalue weighted by atomic mass is 10.3. The van der Waals surface area contributed by atoms with Crippen LogP contribution in [0.15, 0.2) is 18.3 Å². The number of nitrogens with two attached hydrogens (primary N) is 1. The highest BCUT2D eigenvalue weighted by Gasteiger charge is 2.04. The number of pyridine rings is 1. The van der Waals surface area contributed by atoms with E-state index in [1.165, 1.54) is 12.0 Å². The van der Waals surface area contributed by atoms with Crippen LogP contribution in [0.25, 0.3) is 0 Å². The van der Waals surface area contributed by atoms with Gasteiger partial charge in [-0.15, -0.1) is 0 Å². The van der Waals surface area contributed by atoms with Crippen LogP contribution in [-0.2, 0) is 5.75 Å². The van der Waals surface area contributed by atoms with Crippen LogP contribution >= 0.6 is 11.8 Å². The molecular formula is C10H17N3S. The van der Waals surface area contributed by atoms with Gasteiger partial charge in [0.25, 0.3) is 0 Å². The fraction of sp³-hybridized carbons (Fsp3) is 0.500. The molecule has 4 heteroatoms. The van der Waals surface area contributed by atoms with E-state index in [9.17, 15) is 0 Å². The van der Waals surface area contributed by atoms with Gasteiger partial charge in [0.2, 0.25) is 0 Å². The van der Waals surface area contributed by atoms with Crippen LogP contribution in [-0.4, -0.2) is 10.2 Å². The van der Waals surface area contributed by atoms with E-state index in [1.807, 2.05) is 17.8 Å². The summed E-state index contributed by atoms with van der Waals surface area (Å²) in [5.41, 5.74) is 3.78. The van der Waals surface area contributed by atoms with Crippen molar-refractivity contribution in [2.24, 2.45) is 5.84 Å². The van der Waals surface area contributed by atoms with Gasteiger partial charge in [-0.3, -0.25) is 0 Å². The molecule has 1 atom stereocenters. The zero-order chi connectivity index (χ0) is 10.4. The van der Waals surface area contributed by atoms with Crippen molar-refractivity contribution in [3.63, 3.8) is 0 Å². The van der Waals surface area contributed by atoms with Crippen LogP contribution in [0.3, 0.4) is 0 Å². The number of anilines is 1. The van der Waals surface area contributed by atoms with Gasteiger partial charge in [0, 0.05) is 22.8 Å². The first kappa shape index (κ1) is 11.3. The average Bonchev–Trinajstić information content (AvgIpc) is 2.26. The summed E-state index contributed by atoms with van der Waals surface area (Å²) in [5, 5.41) is 0.681. The minimum atomic E-state index is 0.681. The second kappa shape index (κ2) is 5.88. The summed E-state index contributed by atoms with van der Waals surface area (Å²) >= 11 is 1.92. The van der Waals surface area contributed by atoms with Gasteiger partial charge in [-0.25, -0.2) is 10.8 Å². The number of nitrogen functional groups attached to an aromatic ring is 1. The maximum Gasteiger partial charge on any atom is 0.143 e. The van der Waals surface area contributed by atoms with Gasteiger partial charge in [0.05, 0.1) is 0 Å². The first-order valence-electron chi connectivity index (χ1n) is 4.80. The smallest absolute Gasteiger partial charge is 0.143 e. The van der Waals surface area contributed by atoms with Crippen molar-refractivity contribution in [3.8, 4) is 0 Å². The molecule has 0 aliphatic heterocycles. The number of hydrogen-bond donors (Lipinski definition) is 2. The molecule has 1 aromatic heterocycles. The molecule has 0 aromatic carbocycles. The van der Waals surface area contributed by atoms with Crippen LogP contribution in [0.2, 0.25) is 0 Å². The Morgan fingerprint density at radius 2 is 2.43 bits per heavy atom. The van der Waals surface area contributed by atoms with Crippen LogP contribution in [0.5, 0.6) is 0 Å². The highest BCUT2D eigenvalue weighted by atomic mass is 32.2. The first-order valence-corrected chi connectivity index (χ1v) is 5.85. The largest absolute Gasteiger partial charge is 0.308 e. The van der Waals surface area contributed by atoms with E-state index in [4.69, 9.17) is 5.84 Å². The Balaban J connectivity index is 2.57. The Bertz CT molecular complexity index is 278. The second-order valence-electron chi connectivity index (χ2n) is 3.19. The third-order valence-corrected chi connectivity index (χ3v) is 3.51. The maximum absolute atomic E-state index is 5.37. The van der Waals surface area contributed by atoms with Crippen LogP contribution in [0, 0.1) is 0 Å². The number of nitrogens with zero attached hydrogens (tertiary/aromatic N) is 1. The predicted octanol–water partition coefficient (Wildman–Crippen LogP) is 2.40. The lowest BCUT2D eigenvalue weighted by Gasteiger charge is -2.10. The van der Waals surface area contributed by atoms with Crippen LogP contribution in [0.4, 0.5) is 5.82 Å². The summed E-state index contributed by atoms with van der Waals surface area (Å²) in [5.74, 6) is 7.11. The fourth-order valence-electron chi connectivity index (χ4n) is 1.03. The molecule has 14 heavy (non-hydrogen) atoms. The molecule has 0 amide bonds. The predicted molar refractivity (Wildman–Crippen MR) is 63.1 cm³/mol. The topological polar surface area (TPSA) is 50.9 Å². The highest BCUT2D eigenvalue weighted by molar-refractivity contribution is 7.99. The monoisotopic (exact) mass is 211 g/mol. The molecule has 0 aliphatic carbocycles. The zero-order valence-electron chi connectivity index (χ0n) is 8.66. The molecule has 0 spiro atoms. The van der Waals surface area contributed by atoms with E-state index in [0.717, 1.165) is 11.6 Å². The minimum Gasteiger partial charge on any atom is -0.308 e. The van der Waals surface area contributed by atoms with Crippen molar-refractivity contribution in [1.29, 1.82) is 0 Å². The third-order valence-electron chi connectivity index (χ3n) is 2.13. The number of hydrogen-bond acceptors (Lipinski definition) is 4. The number of rotatable bonds is 5. The van der Waals surface area contributed by atoms with Gasteiger partial charge in [-0.1, -0.05) is 19.9 Å². The summed E-state index contributed by atoms with van der Waals surface area (Å²) in [6.45, 7) is 4.43. The molecule has 3 nitrogen and oxygen atoms in total. The van der Waals surface area contributed by atoms with Gasteiger partial charge in [-0.2, -0.15) is 11.8 Å². The van der Waals surface area contributed by atoms with E-state index >= 15 is 0 Å². The summed E-state index contributed by atoms with van der Waals surface area (Å²) in [4.78, 5) is 4.15. The lowest BCUT2D eigenvalue weighted by molar-refractivity contribution is 0.905. The Morgan fingerprint density at radius 1 is 1.64 bits per heavy atom. The second-order valence-corrected chi connectivity index (χ2v) is 4.61. The quantitative estimate of drug-likeness (QED) is 0.580.